The lowest BCUT2D eigenvalue weighted by molar-refractivity contribution is 0.477. The number of phenolic OH excluding ortho intramolecular Hbond substituents is 1. The Kier molecular flexibility index (Phi) is 2.57. The zero-order valence-corrected chi connectivity index (χ0v) is 9.98. The first-order valence-corrected chi connectivity index (χ1v) is 5.70. The Labute approximate surface area is 108 Å². The predicted molar refractivity (Wildman–Crippen MR) is 68.4 cm³/mol. The van der Waals surface area contributed by atoms with Gasteiger partial charge in [0.15, 0.2) is 5.76 Å². The number of aromatic hydroxyl groups is 1. The summed E-state index contributed by atoms with van der Waals surface area (Å²) in [4.78, 5) is 0. The van der Waals surface area contributed by atoms with E-state index >= 15 is 0 Å². The van der Waals surface area contributed by atoms with Crippen LogP contribution >= 0.6 is 11.6 Å². The van der Waals surface area contributed by atoms with Crippen LogP contribution in [0, 0.1) is 0 Å². The maximum Gasteiger partial charge on any atom is 0.151 e. The monoisotopic (exact) mass is 260 g/mol. The molecule has 3 rings (SSSR count). The molecule has 0 aliphatic heterocycles. The second-order valence-electron chi connectivity index (χ2n) is 3.81. The molecular formula is C13H9ClN2O2. The normalized spacial score (nSPS) is 10.7. The molecule has 0 fully saturated rings. The maximum absolute atomic E-state index is 9.82. The van der Waals surface area contributed by atoms with Crippen LogP contribution in [0.15, 0.2) is 47.1 Å². The third kappa shape index (κ3) is 1.87. The average Bonchev–Trinajstić information content (AvgIpc) is 2.99. The smallest absolute Gasteiger partial charge is 0.151 e. The lowest BCUT2D eigenvalue weighted by Gasteiger charge is -2.00. The number of rotatable bonds is 2. The molecule has 0 atom stereocenters. The van der Waals surface area contributed by atoms with Gasteiger partial charge in [0.2, 0.25) is 0 Å². The Bertz CT molecular complexity index is 674. The fourth-order valence-corrected chi connectivity index (χ4v) is 1.91. The fraction of sp³-hybridized carbons (Fsp3) is 0. The Morgan fingerprint density at radius 2 is 2.11 bits per heavy atom. The van der Waals surface area contributed by atoms with E-state index in [2.05, 4.69) is 10.2 Å². The summed E-state index contributed by atoms with van der Waals surface area (Å²) < 4.78 is 5.26. The van der Waals surface area contributed by atoms with Crippen molar-refractivity contribution >= 4 is 11.6 Å². The molecule has 0 radical (unpaired) electrons. The zero-order valence-electron chi connectivity index (χ0n) is 9.22. The molecule has 0 saturated heterocycles. The second kappa shape index (κ2) is 4.23. The number of hydrogen-bond acceptors (Lipinski definition) is 3. The van der Waals surface area contributed by atoms with Crippen molar-refractivity contribution in [1.82, 2.24) is 10.2 Å². The number of phenols is 1. The van der Waals surface area contributed by atoms with E-state index in [4.69, 9.17) is 16.0 Å². The minimum absolute atomic E-state index is 0.0972. The van der Waals surface area contributed by atoms with Gasteiger partial charge in [0.25, 0.3) is 0 Å². The van der Waals surface area contributed by atoms with E-state index in [9.17, 15) is 5.11 Å². The van der Waals surface area contributed by atoms with Gasteiger partial charge in [0.05, 0.1) is 12.0 Å². The van der Waals surface area contributed by atoms with Crippen molar-refractivity contribution in [3.05, 3.63) is 47.7 Å². The molecule has 5 heteroatoms. The first-order chi connectivity index (χ1) is 8.74. The zero-order chi connectivity index (χ0) is 12.5. The van der Waals surface area contributed by atoms with Crippen molar-refractivity contribution in [2.75, 3.05) is 0 Å². The number of nitrogens with zero attached hydrogens (tertiary/aromatic N) is 1. The van der Waals surface area contributed by atoms with Gasteiger partial charge in [-0.3, -0.25) is 5.10 Å². The summed E-state index contributed by atoms with van der Waals surface area (Å²) in [5.41, 5.74) is 2.01. The van der Waals surface area contributed by atoms with Crippen LogP contribution in [0.5, 0.6) is 5.75 Å². The third-order valence-electron chi connectivity index (χ3n) is 2.60. The van der Waals surface area contributed by atoms with E-state index in [0.29, 0.717) is 22.0 Å². The van der Waals surface area contributed by atoms with Gasteiger partial charge >= 0.3 is 0 Å². The van der Waals surface area contributed by atoms with Gasteiger partial charge < -0.3 is 9.52 Å². The summed E-state index contributed by atoms with van der Waals surface area (Å²) in [6, 6.07) is 10.4. The van der Waals surface area contributed by atoms with Crippen LogP contribution in [0.4, 0.5) is 0 Å². The molecule has 0 amide bonds. The van der Waals surface area contributed by atoms with E-state index < -0.39 is 0 Å². The molecule has 90 valence electrons. The van der Waals surface area contributed by atoms with Crippen LogP contribution in [0.2, 0.25) is 5.02 Å². The summed E-state index contributed by atoms with van der Waals surface area (Å²) in [6.45, 7) is 0. The van der Waals surface area contributed by atoms with Gasteiger partial charge in [-0.2, -0.15) is 5.10 Å². The number of H-pyrrole nitrogens is 1. The number of aromatic amines is 1. The molecule has 0 saturated carbocycles. The van der Waals surface area contributed by atoms with E-state index in [1.807, 2.05) is 12.1 Å². The van der Waals surface area contributed by atoms with Gasteiger partial charge in [-0.05, 0) is 36.4 Å². The van der Waals surface area contributed by atoms with Crippen LogP contribution in [0.1, 0.15) is 0 Å². The van der Waals surface area contributed by atoms with Crippen LogP contribution in [-0.4, -0.2) is 15.3 Å². The maximum atomic E-state index is 9.82. The van der Waals surface area contributed by atoms with E-state index in [0.717, 1.165) is 5.69 Å². The summed E-state index contributed by atoms with van der Waals surface area (Å²) in [7, 11) is 0. The van der Waals surface area contributed by atoms with Crippen LogP contribution < -0.4 is 0 Å². The quantitative estimate of drug-likeness (QED) is 0.739. The summed E-state index contributed by atoms with van der Waals surface area (Å²) in [5, 5.41) is 17.3. The molecular weight excluding hydrogens is 252 g/mol. The average molecular weight is 261 g/mol. The van der Waals surface area contributed by atoms with E-state index in [1.165, 1.54) is 6.07 Å². The Morgan fingerprint density at radius 3 is 2.83 bits per heavy atom. The molecule has 0 aliphatic rings. The lowest BCUT2D eigenvalue weighted by Crippen LogP contribution is -1.79. The highest BCUT2D eigenvalue weighted by molar-refractivity contribution is 6.30. The van der Waals surface area contributed by atoms with Gasteiger partial charge in [-0.1, -0.05) is 11.6 Å². The number of nitrogens with one attached hydrogen (secondary N) is 1. The Hall–Kier alpha value is -2.20. The number of furan rings is 1. The minimum atomic E-state index is 0.0972. The first kappa shape index (κ1) is 10.9. The van der Waals surface area contributed by atoms with Crippen molar-refractivity contribution in [1.29, 1.82) is 0 Å². The van der Waals surface area contributed by atoms with E-state index in [1.54, 1.807) is 24.5 Å². The molecule has 0 aliphatic carbocycles. The van der Waals surface area contributed by atoms with Gasteiger partial charge in [0.1, 0.15) is 11.4 Å². The third-order valence-corrected chi connectivity index (χ3v) is 2.84. The highest BCUT2D eigenvalue weighted by Crippen LogP contribution is 2.32. The highest BCUT2D eigenvalue weighted by Gasteiger charge is 2.11. The summed E-state index contributed by atoms with van der Waals surface area (Å²) >= 11 is 5.79. The largest absolute Gasteiger partial charge is 0.507 e. The second-order valence-corrected chi connectivity index (χ2v) is 4.24. The minimum Gasteiger partial charge on any atom is -0.507 e. The molecule has 0 bridgehead atoms. The van der Waals surface area contributed by atoms with Gasteiger partial charge in [0, 0.05) is 10.6 Å². The molecule has 4 nitrogen and oxygen atoms in total. The number of halogens is 1. The van der Waals surface area contributed by atoms with Gasteiger partial charge in [-0.25, -0.2) is 0 Å². The lowest BCUT2D eigenvalue weighted by atomic mass is 10.1. The Balaban J connectivity index is 2.03. The molecule has 2 N–H and O–H groups in total. The Morgan fingerprint density at radius 1 is 1.22 bits per heavy atom. The summed E-state index contributed by atoms with van der Waals surface area (Å²) in [6.07, 6.45) is 1.59. The van der Waals surface area contributed by atoms with Crippen molar-refractivity contribution in [3.8, 4) is 28.5 Å². The fourth-order valence-electron chi connectivity index (χ4n) is 1.74. The van der Waals surface area contributed by atoms with Crippen LogP contribution in [0.25, 0.3) is 22.7 Å². The molecule has 2 heterocycles. The van der Waals surface area contributed by atoms with Crippen LogP contribution in [0.3, 0.4) is 0 Å². The molecule has 0 unspecified atom stereocenters. The molecule has 18 heavy (non-hydrogen) atoms. The number of aromatic nitrogens is 2. The molecule has 3 aromatic rings. The predicted octanol–water partition coefficient (Wildman–Crippen LogP) is 3.70. The standard InChI is InChI=1S/C13H9ClN2O2/c14-8-3-4-9(12(17)6-8)10-7-11(16-15-10)13-2-1-5-18-13/h1-7,17H,(H,15,16). The van der Waals surface area contributed by atoms with E-state index in [-0.39, 0.29) is 5.75 Å². The van der Waals surface area contributed by atoms with Gasteiger partial charge in [-0.15, -0.1) is 0 Å². The van der Waals surface area contributed by atoms with Crippen molar-refractivity contribution in [2.24, 2.45) is 0 Å². The van der Waals surface area contributed by atoms with Crippen LogP contribution in [-0.2, 0) is 0 Å². The molecule has 0 spiro atoms. The molecule has 2 aromatic heterocycles. The highest BCUT2D eigenvalue weighted by atomic mass is 35.5. The number of benzene rings is 1. The SMILES string of the molecule is Oc1cc(Cl)ccc1-c1cc(-c2ccco2)[nH]n1. The summed E-state index contributed by atoms with van der Waals surface area (Å²) in [5.74, 6) is 0.794. The topological polar surface area (TPSA) is 62.1 Å². The van der Waals surface area contributed by atoms with Crippen molar-refractivity contribution < 1.29 is 9.52 Å². The van der Waals surface area contributed by atoms with Crippen molar-refractivity contribution in [3.63, 3.8) is 0 Å². The first-order valence-electron chi connectivity index (χ1n) is 5.32. The number of hydrogen-bond donors (Lipinski definition) is 2. The van der Waals surface area contributed by atoms with Crippen molar-refractivity contribution in [2.45, 2.75) is 0 Å². The molecule has 1 aromatic carbocycles.